The molecule has 1 saturated carbocycles. The van der Waals surface area contributed by atoms with E-state index < -0.39 is 5.91 Å². The van der Waals surface area contributed by atoms with Gasteiger partial charge in [-0.05, 0) is 12.3 Å². The lowest BCUT2D eigenvalue weighted by Gasteiger charge is -1.91. The Kier molecular flexibility index (Phi) is 2.31. The van der Waals surface area contributed by atoms with Crippen molar-refractivity contribution in [3.63, 3.8) is 0 Å². The highest BCUT2D eigenvalue weighted by atomic mass is 32.1. The van der Waals surface area contributed by atoms with Gasteiger partial charge < -0.3 is 5.73 Å². The Morgan fingerprint density at radius 2 is 2.54 bits per heavy atom. The van der Waals surface area contributed by atoms with Crippen LogP contribution in [0.4, 0.5) is 0 Å². The van der Waals surface area contributed by atoms with Crippen LogP contribution in [0.2, 0.25) is 0 Å². The predicted molar refractivity (Wildman–Crippen MR) is 51.4 cm³/mol. The first-order valence-corrected chi connectivity index (χ1v) is 5.22. The number of primary amides is 1. The van der Waals surface area contributed by atoms with Crippen molar-refractivity contribution in [1.82, 2.24) is 4.98 Å². The van der Waals surface area contributed by atoms with Crippen LogP contribution in [0.1, 0.15) is 34.8 Å². The number of hydrogen-bond acceptors (Lipinski definition) is 3. The van der Waals surface area contributed by atoms with Gasteiger partial charge in [-0.2, -0.15) is 0 Å². The van der Waals surface area contributed by atoms with Crippen LogP contribution < -0.4 is 5.73 Å². The molecule has 3 nitrogen and oxygen atoms in total. The summed E-state index contributed by atoms with van der Waals surface area (Å²) in [5, 5.41) is 2.63. The molecule has 1 radical (unpaired) electrons. The minimum absolute atomic E-state index is 0.382. The van der Waals surface area contributed by atoms with Crippen molar-refractivity contribution in [2.45, 2.75) is 19.3 Å². The number of rotatable bonds is 4. The highest BCUT2D eigenvalue weighted by molar-refractivity contribution is 7.10. The van der Waals surface area contributed by atoms with E-state index in [9.17, 15) is 4.79 Å². The van der Waals surface area contributed by atoms with E-state index in [0.29, 0.717) is 5.69 Å². The Labute approximate surface area is 81.0 Å². The molecule has 0 bridgehead atoms. The summed E-state index contributed by atoms with van der Waals surface area (Å²) in [6.45, 7) is 0. The predicted octanol–water partition coefficient (Wildman–Crippen LogP) is 1.59. The third-order valence-corrected chi connectivity index (χ3v) is 2.94. The summed E-state index contributed by atoms with van der Waals surface area (Å²) >= 11 is 1.48. The molecular weight excluding hydrogens is 184 g/mol. The maximum absolute atomic E-state index is 10.7. The van der Waals surface area contributed by atoms with Crippen LogP contribution in [0, 0.1) is 12.3 Å². The number of hydrogen-bond donors (Lipinski definition) is 1. The second-order valence-corrected chi connectivity index (χ2v) is 4.21. The van der Waals surface area contributed by atoms with Crippen LogP contribution >= 0.6 is 11.3 Å². The van der Waals surface area contributed by atoms with Crippen molar-refractivity contribution in [2.75, 3.05) is 0 Å². The molecule has 1 fully saturated rings. The van der Waals surface area contributed by atoms with Crippen LogP contribution in [0.15, 0.2) is 5.38 Å². The fourth-order valence-corrected chi connectivity index (χ4v) is 1.86. The molecule has 0 aromatic carbocycles. The summed E-state index contributed by atoms with van der Waals surface area (Å²) in [7, 11) is 0. The lowest BCUT2D eigenvalue weighted by Crippen LogP contribution is -2.11. The molecule has 69 valence electrons. The second kappa shape index (κ2) is 3.46. The van der Waals surface area contributed by atoms with Gasteiger partial charge in [0.15, 0.2) is 0 Å². The molecule has 1 aromatic heterocycles. The van der Waals surface area contributed by atoms with E-state index in [1.165, 1.54) is 24.2 Å². The topological polar surface area (TPSA) is 56.0 Å². The van der Waals surface area contributed by atoms with E-state index >= 15 is 0 Å². The molecule has 0 aliphatic heterocycles. The van der Waals surface area contributed by atoms with E-state index in [2.05, 4.69) is 11.4 Å². The summed E-state index contributed by atoms with van der Waals surface area (Å²) in [6, 6.07) is 0. The minimum atomic E-state index is -0.442. The SMILES string of the molecule is NC(=O)c1csc([CH]CC2CC2)n1. The zero-order chi connectivity index (χ0) is 9.26. The van der Waals surface area contributed by atoms with Gasteiger partial charge in [0.2, 0.25) is 0 Å². The summed E-state index contributed by atoms with van der Waals surface area (Å²) in [4.78, 5) is 14.8. The maximum Gasteiger partial charge on any atom is 0.268 e. The number of amides is 1. The van der Waals surface area contributed by atoms with Crippen molar-refractivity contribution < 1.29 is 4.79 Å². The molecule has 0 unspecified atom stereocenters. The third kappa shape index (κ3) is 2.28. The van der Waals surface area contributed by atoms with Gasteiger partial charge in [0.1, 0.15) is 5.69 Å². The molecule has 0 saturated heterocycles. The number of aromatic nitrogens is 1. The largest absolute Gasteiger partial charge is 0.364 e. The van der Waals surface area contributed by atoms with Crippen molar-refractivity contribution in [2.24, 2.45) is 11.7 Å². The number of nitrogens with two attached hydrogens (primary N) is 1. The fourth-order valence-electron chi connectivity index (χ4n) is 1.12. The van der Waals surface area contributed by atoms with Gasteiger partial charge in [-0.1, -0.05) is 12.8 Å². The minimum Gasteiger partial charge on any atom is -0.364 e. The zero-order valence-corrected chi connectivity index (χ0v) is 8.01. The lowest BCUT2D eigenvalue weighted by atomic mass is 10.2. The van der Waals surface area contributed by atoms with Gasteiger partial charge in [-0.25, -0.2) is 4.98 Å². The van der Waals surface area contributed by atoms with Gasteiger partial charge in [-0.3, -0.25) is 4.79 Å². The lowest BCUT2D eigenvalue weighted by molar-refractivity contribution is 0.0996. The van der Waals surface area contributed by atoms with Crippen LogP contribution in [-0.4, -0.2) is 10.9 Å². The van der Waals surface area contributed by atoms with Gasteiger partial charge in [-0.15, -0.1) is 11.3 Å². The van der Waals surface area contributed by atoms with Gasteiger partial charge in [0.25, 0.3) is 5.91 Å². The number of carbonyl (C=O) groups excluding carboxylic acids is 1. The first-order valence-electron chi connectivity index (χ1n) is 4.34. The highest BCUT2D eigenvalue weighted by Crippen LogP contribution is 2.34. The number of thiazole rings is 1. The third-order valence-electron chi connectivity index (χ3n) is 2.10. The Balaban J connectivity index is 1.92. The van der Waals surface area contributed by atoms with Crippen molar-refractivity contribution in [3.05, 3.63) is 22.5 Å². The number of nitrogens with zero attached hydrogens (tertiary/aromatic N) is 1. The molecule has 0 spiro atoms. The summed E-state index contributed by atoms with van der Waals surface area (Å²) in [5.41, 5.74) is 5.47. The fraction of sp³-hybridized carbons (Fsp3) is 0.444. The van der Waals surface area contributed by atoms with Crippen LogP contribution in [0.3, 0.4) is 0 Å². The van der Waals surface area contributed by atoms with Crippen LogP contribution in [-0.2, 0) is 0 Å². The van der Waals surface area contributed by atoms with Crippen LogP contribution in [0.5, 0.6) is 0 Å². The molecule has 1 heterocycles. The van der Waals surface area contributed by atoms with Crippen LogP contribution in [0.25, 0.3) is 0 Å². The Bertz CT molecular complexity index is 317. The zero-order valence-electron chi connectivity index (χ0n) is 7.19. The first-order chi connectivity index (χ1) is 6.25. The van der Waals surface area contributed by atoms with Crippen molar-refractivity contribution in [1.29, 1.82) is 0 Å². The molecule has 4 heteroatoms. The molecular formula is C9H11N2OS. The van der Waals surface area contributed by atoms with Crippen molar-refractivity contribution >= 4 is 17.2 Å². The molecule has 2 rings (SSSR count). The molecule has 13 heavy (non-hydrogen) atoms. The highest BCUT2D eigenvalue weighted by Gasteiger charge is 2.21. The van der Waals surface area contributed by atoms with Gasteiger partial charge in [0.05, 0.1) is 5.01 Å². The van der Waals surface area contributed by atoms with Gasteiger partial charge in [0, 0.05) is 11.8 Å². The first kappa shape index (κ1) is 8.69. The maximum atomic E-state index is 10.7. The quantitative estimate of drug-likeness (QED) is 0.793. The molecule has 2 N–H and O–H groups in total. The van der Waals surface area contributed by atoms with E-state index in [-0.39, 0.29) is 0 Å². The average Bonchev–Trinajstić information content (AvgIpc) is 2.79. The second-order valence-electron chi connectivity index (χ2n) is 3.32. The van der Waals surface area contributed by atoms with E-state index in [1.807, 2.05) is 0 Å². The summed E-state index contributed by atoms with van der Waals surface area (Å²) < 4.78 is 0. The van der Waals surface area contributed by atoms with E-state index in [4.69, 9.17) is 5.73 Å². The normalized spacial score (nSPS) is 16.0. The molecule has 1 aromatic rings. The Hall–Kier alpha value is -0.900. The van der Waals surface area contributed by atoms with E-state index in [0.717, 1.165) is 17.3 Å². The smallest absolute Gasteiger partial charge is 0.268 e. The monoisotopic (exact) mass is 195 g/mol. The summed E-state index contributed by atoms with van der Waals surface area (Å²) in [5.74, 6) is 0.420. The molecule has 1 amide bonds. The number of carbonyl (C=O) groups is 1. The summed E-state index contributed by atoms with van der Waals surface area (Å²) in [6.07, 6.45) is 5.86. The Morgan fingerprint density at radius 3 is 3.08 bits per heavy atom. The molecule has 0 atom stereocenters. The van der Waals surface area contributed by atoms with E-state index in [1.54, 1.807) is 5.38 Å². The Morgan fingerprint density at radius 1 is 1.77 bits per heavy atom. The molecule has 1 aliphatic carbocycles. The standard InChI is InChI=1S/C9H11N2OS/c10-9(12)7-5-13-8(11-7)4-3-6-1-2-6/h4-6H,1-3H2,(H2,10,12). The average molecular weight is 195 g/mol. The van der Waals surface area contributed by atoms with Gasteiger partial charge >= 0.3 is 0 Å². The van der Waals surface area contributed by atoms with Crippen molar-refractivity contribution in [3.8, 4) is 0 Å². The molecule has 1 aliphatic rings.